The van der Waals surface area contributed by atoms with Crippen LogP contribution in [-0.2, 0) is 0 Å². The number of nitrogen functional groups attached to an aromatic ring is 1. The van der Waals surface area contributed by atoms with Crippen LogP contribution in [0.5, 0.6) is 23.0 Å². The minimum absolute atomic E-state index is 0.0448. The van der Waals surface area contributed by atoms with Gasteiger partial charge in [-0.05, 0) is 36.3 Å². The molecule has 0 heterocycles. The molecule has 0 aliphatic heterocycles. The van der Waals surface area contributed by atoms with Crippen LogP contribution in [0.4, 0.5) is 11.4 Å². The van der Waals surface area contributed by atoms with Crippen LogP contribution < -0.4 is 29.6 Å². The number of anilines is 2. The summed E-state index contributed by atoms with van der Waals surface area (Å²) in [4.78, 5) is 15.3. The highest BCUT2D eigenvalue weighted by Gasteiger charge is 2.23. The number of carbonyl (C=O) groups is 1. The van der Waals surface area contributed by atoms with E-state index in [4.69, 9.17) is 24.7 Å². The highest BCUT2D eigenvalue weighted by Crippen LogP contribution is 2.47. The molecule has 31 heavy (non-hydrogen) atoms. The van der Waals surface area contributed by atoms with E-state index in [2.05, 4.69) is 0 Å². The molecule has 0 bridgehead atoms. The molecular formula is C24H32N2O5. The molecule has 2 rings (SSSR count). The Bertz CT molecular complexity index is 980. The molecule has 7 heteroatoms. The Morgan fingerprint density at radius 3 is 2.03 bits per heavy atom. The van der Waals surface area contributed by atoms with Crippen LogP contribution in [-0.4, -0.2) is 48.3 Å². The topological polar surface area (TPSA) is 83.3 Å². The third kappa shape index (κ3) is 4.87. The van der Waals surface area contributed by atoms with Gasteiger partial charge in [0, 0.05) is 30.8 Å². The zero-order valence-corrected chi connectivity index (χ0v) is 19.5. The van der Waals surface area contributed by atoms with Crippen molar-refractivity contribution in [2.45, 2.75) is 13.8 Å². The van der Waals surface area contributed by atoms with Crippen molar-refractivity contribution in [3.63, 3.8) is 0 Å². The van der Waals surface area contributed by atoms with Crippen LogP contribution in [0.15, 0.2) is 29.8 Å². The SMILES string of the molecule is COc1cc(C=C(C(=O)c2ccc(N)c(N(C)C)c2)C(C)C)c(OC)c(OC)c1OC. The number of Topliss-reactive ketones (excluding diaryl/α,β-unsaturated/α-hetero) is 1. The normalized spacial score (nSPS) is 11.3. The van der Waals surface area contributed by atoms with Gasteiger partial charge in [0.1, 0.15) is 0 Å². The van der Waals surface area contributed by atoms with Crippen LogP contribution in [0.1, 0.15) is 29.8 Å². The average molecular weight is 429 g/mol. The number of allylic oxidation sites excluding steroid dienone is 1. The minimum atomic E-state index is -0.0890. The lowest BCUT2D eigenvalue weighted by molar-refractivity contribution is 0.102. The van der Waals surface area contributed by atoms with Gasteiger partial charge >= 0.3 is 0 Å². The molecule has 0 aromatic heterocycles. The Morgan fingerprint density at radius 1 is 0.935 bits per heavy atom. The summed E-state index contributed by atoms with van der Waals surface area (Å²) >= 11 is 0. The highest BCUT2D eigenvalue weighted by atomic mass is 16.5. The van der Waals surface area contributed by atoms with Gasteiger partial charge in [0.15, 0.2) is 17.3 Å². The maximum atomic E-state index is 13.5. The summed E-state index contributed by atoms with van der Waals surface area (Å²) in [5.41, 5.74) is 9.28. The standard InChI is InChI=1S/C24H32N2O5/c1-14(2)17(21(27)15-9-10-18(25)19(12-15)26(3)4)11-16-13-20(28-5)23(30-7)24(31-8)22(16)29-6/h9-14H,25H2,1-8H3. The van der Waals surface area contributed by atoms with Crippen molar-refractivity contribution in [1.82, 2.24) is 0 Å². The second-order valence-electron chi connectivity index (χ2n) is 7.52. The third-order valence-electron chi connectivity index (χ3n) is 4.99. The number of ether oxygens (including phenoxy) is 4. The molecule has 0 spiro atoms. The van der Waals surface area contributed by atoms with Gasteiger partial charge in [-0.15, -0.1) is 0 Å². The number of hydrogen-bond acceptors (Lipinski definition) is 7. The minimum Gasteiger partial charge on any atom is -0.493 e. The van der Waals surface area contributed by atoms with Crippen molar-refractivity contribution in [2.24, 2.45) is 5.92 Å². The quantitative estimate of drug-likeness (QED) is 0.362. The van der Waals surface area contributed by atoms with Crippen LogP contribution in [0.25, 0.3) is 6.08 Å². The molecule has 0 fully saturated rings. The van der Waals surface area contributed by atoms with E-state index in [1.54, 1.807) is 38.5 Å². The van der Waals surface area contributed by atoms with Gasteiger partial charge in [-0.25, -0.2) is 0 Å². The molecule has 2 N–H and O–H groups in total. The zero-order chi connectivity index (χ0) is 23.3. The van der Waals surface area contributed by atoms with E-state index in [0.29, 0.717) is 45.4 Å². The lowest BCUT2D eigenvalue weighted by atomic mass is 9.91. The maximum Gasteiger partial charge on any atom is 0.207 e. The van der Waals surface area contributed by atoms with Gasteiger partial charge in [-0.3, -0.25) is 4.79 Å². The molecule has 168 valence electrons. The largest absolute Gasteiger partial charge is 0.493 e. The molecular weight excluding hydrogens is 396 g/mol. The Labute approximate surface area is 184 Å². The number of nitrogens with zero attached hydrogens (tertiary/aromatic N) is 1. The van der Waals surface area contributed by atoms with Gasteiger partial charge in [0.05, 0.1) is 39.8 Å². The van der Waals surface area contributed by atoms with Crippen molar-refractivity contribution in [3.8, 4) is 23.0 Å². The van der Waals surface area contributed by atoms with E-state index in [0.717, 1.165) is 5.69 Å². The van der Waals surface area contributed by atoms with E-state index < -0.39 is 0 Å². The monoisotopic (exact) mass is 428 g/mol. The average Bonchev–Trinajstić information content (AvgIpc) is 2.75. The fourth-order valence-corrected chi connectivity index (χ4v) is 3.37. The number of carbonyl (C=O) groups excluding carboxylic acids is 1. The molecule has 2 aromatic rings. The second kappa shape index (κ2) is 10.1. The van der Waals surface area contributed by atoms with Crippen molar-refractivity contribution >= 4 is 23.2 Å². The predicted octanol–water partition coefficient (Wildman–Crippen LogP) is 4.29. The van der Waals surface area contributed by atoms with Crippen LogP contribution in [0.3, 0.4) is 0 Å². The van der Waals surface area contributed by atoms with E-state index in [9.17, 15) is 4.79 Å². The first-order chi connectivity index (χ1) is 14.7. The van der Waals surface area contributed by atoms with Gasteiger partial charge in [-0.1, -0.05) is 13.8 Å². The number of nitrogens with two attached hydrogens (primary N) is 1. The summed E-state index contributed by atoms with van der Waals surface area (Å²) in [5, 5.41) is 0. The maximum absolute atomic E-state index is 13.5. The number of rotatable bonds is 9. The first-order valence-corrected chi connectivity index (χ1v) is 9.90. The number of hydrogen-bond donors (Lipinski definition) is 1. The molecule has 0 aliphatic carbocycles. The van der Waals surface area contributed by atoms with Crippen molar-refractivity contribution in [1.29, 1.82) is 0 Å². The molecule has 0 aliphatic rings. The predicted molar refractivity (Wildman–Crippen MR) is 125 cm³/mol. The molecule has 0 saturated carbocycles. The van der Waals surface area contributed by atoms with E-state index in [1.807, 2.05) is 38.9 Å². The lowest BCUT2D eigenvalue weighted by Gasteiger charge is -2.19. The Balaban J connectivity index is 2.69. The fourth-order valence-electron chi connectivity index (χ4n) is 3.37. The molecule has 2 aromatic carbocycles. The first kappa shape index (κ1) is 23.9. The summed E-state index contributed by atoms with van der Waals surface area (Å²) in [6.45, 7) is 3.94. The fraction of sp³-hybridized carbons (Fsp3) is 0.375. The van der Waals surface area contributed by atoms with Crippen LogP contribution >= 0.6 is 0 Å². The van der Waals surface area contributed by atoms with Crippen LogP contribution in [0.2, 0.25) is 0 Å². The summed E-state index contributed by atoms with van der Waals surface area (Å²) in [7, 11) is 9.92. The van der Waals surface area contributed by atoms with E-state index in [-0.39, 0.29) is 11.7 Å². The van der Waals surface area contributed by atoms with Crippen molar-refractivity contribution in [2.75, 3.05) is 53.2 Å². The number of ketones is 1. The van der Waals surface area contributed by atoms with Gasteiger partial charge in [0.2, 0.25) is 11.5 Å². The zero-order valence-electron chi connectivity index (χ0n) is 19.5. The summed E-state index contributed by atoms with van der Waals surface area (Å²) in [6, 6.07) is 7.07. The second-order valence-corrected chi connectivity index (χ2v) is 7.52. The summed E-state index contributed by atoms with van der Waals surface area (Å²) in [6.07, 6.45) is 1.81. The smallest absolute Gasteiger partial charge is 0.207 e. The number of methoxy groups -OCH3 is 4. The lowest BCUT2D eigenvalue weighted by Crippen LogP contribution is -2.14. The van der Waals surface area contributed by atoms with E-state index in [1.165, 1.54) is 14.2 Å². The van der Waals surface area contributed by atoms with Crippen LogP contribution in [0, 0.1) is 5.92 Å². The van der Waals surface area contributed by atoms with Crippen molar-refractivity contribution < 1.29 is 23.7 Å². The molecule has 7 nitrogen and oxygen atoms in total. The molecule has 0 atom stereocenters. The highest BCUT2D eigenvalue weighted by molar-refractivity contribution is 6.12. The molecule has 0 amide bonds. The molecule has 0 radical (unpaired) electrons. The Hall–Kier alpha value is -3.35. The number of benzene rings is 2. The Kier molecular flexibility index (Phi) is 7.80. The molecule has 0 saturated heterocycles. The molecule has 0 unspecified atom stereocenters. The van der Waals surface area contributed by atoms with E-state index >= 15 is 0 Å². The summed E-state index contributed by atoms with van der Waals surface area (Å²) < 4.78 is 22.0. The van der Waals surface area contributed by atoms with Gasteiger partial charge < -0.3 is 29.6 Å². The summed E-state index contributed by atoms with van der Waals surface area (Å²) in [5.74, 6) is 1.62. The Morgan fingerprint density at radius 2 is 1.55 bits per heavy atom. The first-order valence-electron chi connectivity index (χ1n) is 9.90. The third-order valence-corrected chi connectivity index (χ3v) is 4.99. The van der Waals surface area contributed by atoms with Crippen molar-refractivity contribution in [3.05, 3.63) is 41.0 Å². The van der Waals surface area contributed by atoms with Gasteiger partial charge in [0.25, 0.3) is 0 Å². The van der Waals surface area contributed by atoms with Gasteiger partial charge in [-0.2, -0.15) is 0 Å².